The van der Waals surface area contributed by atoms with E-state index in [-0.39, 0.29) is 17.4 Å². The molecule has 1 aromatic carbocycles. The average Bonchev–Trinajstić information content (AvgIpc) is 2.71. The number of carbonyl (C=O) groups excluding carboxylic acids is 1. The molecule has 1 heterocycles. The maximum atomic E-state index is 12.4. The molecule has 0 amide bonds. The minimum absolute atomic E-state index is 0.0603. The lowest BCUT2D eigenvalue weighted by atomic mass is 9.68. The molecule has 1 aromatic rings. The minimum Gasteiger partial charge on any atom is -0.306 e. The van der Waals surface area contributed by atoms with Crippen LogP contribution in [-0.2, 0) is 4.79 Å². The van der Waals surface area contributed by atoms with Crippen molar-refractivity contribution in [2.75, 3.05) is 0 Å². The zero-order valence-electron chi connectivity index (χ0n) is 11.7. The van der Waals surface area contributed by atoms with Gasteiger partial charge in [0.15, 0.2) is 0 Å². The fourth-order valence-electron chi connectivity index (χ4n) is 3.33. The summed E-state index contributed by atoms with van der Waals surface area (Å²) >= 11 is 0. The Kier molecular flexibility index (Phi) is 2.73. The smallest absolute Gasteiger partial charge is 0.144 e. The average molecular weight is 256 g/mol. The van der Waals surface area contributed by atoms with Gasteiger partial charge in [-0.05, 0) is 24.3 Å². The molecule has 19 heavy (non-hydrogen) atoms. The first-order valence-corrected chi connectivity index (χ1v) is 6.89. The Morgan fingerprint density at radius 3 is 2.89 bits per heavy atom. The van der Waals surface area contributed by atoms with Crippen LogP contribution in [0.5, 0.6) is 0 Å². The van der Waals surface area contributed by atoms with Gasteiger partial charge in [-0.25, -0.2) is 0 Å². The molecule has 100 valence electrons. The third-order valence-electron chi connectivity index (χ3n) is 4.13. The van der Waals surface area contributed by atoms with Crippen molar-refractivity contribution in [2.24, 2.45) is 16.4 Å². The molecule has 3 nitrogen and oxygen atoms in total. The van der Waals surface area contributed by atoms with Crippen LogP contribution >= 0.6 is 0 Å². The topological polar surface area (TPSA) is 41.5 Å². The fourth-order valence-corrected chi connectivity index (χ4v) is 3.33. The monoisotopic (exact) mass is 256 g/mol. The summed E-state index contributed by atoms with van der Waals surface area (Å²) in [5.41, 5.74) is 6.47. The van der Waals surface area contributed by atoms with Gasteiger partial charge in [0.2, 0.25) is 0 Å². The second kappa shape index (κ2) is 4.19. The van der Waals surface area contributed by atoms with E-state index >= 15 is 0 Å². The largest absolute Gasteiger partial charge is 0.306 e. The van der Waals surface area contributed by atoms with Gasteiger partial charge >= 0.3 is 0 Å². The van der Waals surface area contributed by atoms with E-state index in [0.29, 0.717) is 12.2 Å². The Morgan fingerprint density at radius 1 is 1.37 bits per heavy atom. The highest BCUT2D eigenvalue weighted by atomic mass is 16.1. The number of hydrogen-bond acceptors (Lipinski definition) is 3. The Labute approximate surface area is 114 Å². The predicted octanol–water partition coefficient (Wildman–Crippen LogP) is 2.68. The minimum atomic E-state index is -0.0603. The van der Waals surface area contributed by atoms with Crippen LogP contribution in [0, 0.1) is 18.3 Å². The number of nitrogens with zero attached hydrogens (tertiary/aromatic N) is 1. The number of hydrazone groups is 1. The molecule has 2 atom stereocenters. The second-order valence-corrected chi connectivity index (χ2v) is 6.59. The molecule has 0 bridgehead atoms. The van der Waals surface area contributed by atoms with Gasteiger partial charge < -0.3 is 5.43 Å². The van der Waals surface area contributed by atoms with Crippen molar-refractivity contribution in [3.63, 3.8) is 0 Å². The predicted molar refractivity (Wildman–Crippen MR) is 76.2 cm³/mol. The number of benzene rings is 1. The van der Waals surface area contributed by atoms with Gasteiger partial charge in [0, 0.05) is 6.42 Å². The molecule has 0 radical (unpaired) electrons. The molecule has 0 spiro atoms. The van der Waals surface area contributed by atoms with E-state index in [9.17, 15) is 4.79 Å². The first kappa shape index (κ1) is 12.4. The molecule has 0 unspecified atom stereocenters. The Hall–Kier alpha value is -1.64. The van der Waals surface area contributed by atoms with Crippen molar-refractivity contribution in [2.45, 2.75) is 39.7 Å². The molecular formula is C16H20N2O. The van der Waals surface area contributed by atoms with E-state index in [0.717, 1.165) is 17.7 Å². The molecule has 1 aliphatic carbocycles. The van der Waals surface area contributed by atoms with Crippen LogP contribution in [-0.4, -0.2) is 17.5 Å². The third kappa shape index (κ3) is 2.18. The van der Waals surface area contributed by atoms with Crippen molar-refractivity contribution in [3.05, 3.63) is 35.4 Å². The highest BCUT2D eigenvalue weighted by molar-refractivity contribution is 6.15. The first-order valence-electron chi connectivity index (χ1n) is 6.89. The molecule has 0 saturated heterocycles. The van der Waals surface area contributed by atoms with Crippen LogP contribution in [0.4, 0.5) is 0 Å². The third-order valence-corrected chi connectivity index (χ3v) is 4.13. The Bertz CT molecular complexity index is 560. The SMILES string of the molecule is Cc1cccc(C2=NN[C@@H]3CC(C)(C)CC(=O)[C@H]23)c1. The maximum absolute atomic E-state index is 12.4. The Balaban J connectivity index is 1.93. The lowest BCUT2D eigenvalue weighted by Gasteiger charge is -2.36. The van der Waals surface area contributed by atoms with E-state index in [1.807, 2.05) is 12.1 Å². The first-order chi connectivity index (χ1) is 8.96. The van der Waals surface area contributed by atoms with E-state index in [1.54, 1.807) is 0 Å². The van der Waals surface area contributed by atoms with Crippen molar-refractivity contribution >= 4 is 11.5 Å². The number of nitrogens with one attached hydrogen (secondary N) is 1. The van der Waals surface area contributed by atoms with E-state index in [1.165, 1.54) is 5.56 Å². The highest BCUT2D eigenvalue weighted by Gasteiger charge is 2.46. The van der Waals surface area contributed by atoms with Crippen molar-refractivity contribution in [3.8, 4) is 0 Å². The quantitative estimate of drug-likeness (QED) is 0.839. The number of ketones is 1. The Morgan fingerprint density at radius 2 is 2.16 bits per heavy atom. The van der Waals surface area contributed by atoms with Gasteiger partial charge in [-0.3, -0.25) is 4.79 Å². The molecule has 1 aliphatic heterocycles. The van der Waals surface area contributed by atoms with Gasteiger partial charge in [0.1, 0.15) is 5.78 Å². The van der Waals surface area contributed by atoms with Crippen molar-refractivity contribution in [1.29, 1.82) is 0 Å². The molecule has 2 aliphatic rings. The molecule has 3 heteroatoms. The summed E-state index contributed by atoms with van der Waals surface area (Å²) < 4.78 is 0. The van der Waals surface area contributed by atoms with Gasteiger partial charge in [0.05, 0.1) is 17.7 Å². The molecule has 3 rings (SSSR count). The number of carbonyl (C=O) groups is 1. The number of aryl methyl sites for hydroxylation is 1. The number of rotatable bonds is 1. The van der Waals surface area contributed by atoms with Crippen LogP contribution in [0.3, 0.4) is 0 Å². The zero-order valence-corrected chi connectivity index (χ0v) is 11.7. The standard InChI is InChI=1S/C16H20N2O/c1-10-5-4-6-11(7-10)15-14-12(17-18-15)8-16(2,3)9-13(14)19/h4-7,12,14,17H,8-9H2,1-3H3/t12-,14-/m1/s1. The van der Waals surface area contributed by atoms with Gasteiger partial charge in [-0.1, -0.05) is 43.7 Å². The summed E-state index contributed by atoms with van der Waals surface area (Å²) in [5.74, 6) is 0.265. The molecule has 1 fully saturated rings. The summed E-state index contributed by atoms with van der Waals surface area (Å²) in [7, 11) is 0. The van der Waals surface area contributed by atoms with Gasteiger partial charge in [-0.15, -0.1) is 0 Å². The summed E-state index contributed by atoms with van der Waals surface area (Å²) in [4.78, 5) is 12.4. The summed E-state index contributed by atoms with van der Waals surface area (Å²) in [6, 6.07) is 8.42. The lowest BCUT2D eigenvalue weighted by Crippen LogP contribution is -2.45. The molecular weight excluding hydrogens is 236 g/mol. The maximum Gasteiger partial charge on any atom is 0.144 e. The van der Waals surface area contributed by atoms with E-state index in [2.05, 4.69) is 43.4 Å². The molecule has 1 N–H and O–H groups in total. The van der Waals surface area contributed by atoms with Crippen LogP contribution in [0.1, 0.15) is 37.8 Å². The number of fused-ring (bicyclic) bond motifs is 1. The zero-order chi connectivity index (χ0) is 13.6. The van der Waals surface area contributed by atoms with E-state index < -0.39 is 0 Å². The summed E-state index contributed by atoms with van der Waals surface area (Å²) in [5, 5.41) is 4.45. The van der Waals surface area contributed by atoms with Crippen LogP contribution in [0.2, 0.25) is 0 Å². The summed E-state index contributed by atoms with van der Waals surface area (Å²) in [6.45, 7) is 6.39. The van der Waals surface area contributed by atoms with Gasteiger partial charge in [-0.2, -0.15) is 5.10 Å². The number of Topliss-reactive ketones (excluding diaryl/α,β-unsaturated/α-hetero) is 1. The van der Waals surface area contributed by atoms with Gasteiger partial charge in [0.25, 0.3) is 0 Å². The summed E-state index contributed by atoms with van der Waals surface area (Å²) in [6.07, 6.45) is 1.66. The van der Waals surface area contributed by atoms with Crippen LogP contribution in [0.15, 0.2) is 29.4 Å². The van der Waals surface area contributed by atoms with Crippen LogP contribution in [0.25, 0.3) is 0 Å². The number of hydrogen-bond donors (Lipinski definition) is 1. The fraction of sp³-hybridized carbons (Fsp3) is 0.500. The van der Waals surface area contributed by atoms with Crippen molar-refractivity contribution in [1.82, 2.24) is 5.43 Å². The normalized spacial score (nSPS) is 28.6. The second-order valence-electron chi connectivity index (χ2n) is 6.59. The van der Waals surface area contributed by atoms with Crippen LogP contribution < -0.4 is 5.43 Å². The lowest BCUT2D eigenvalue weighted by molar-refractivity contribution is -0.126. The molecule has 1 saturated carbocycles. The molecule has 0 aromatic heterocycles. The van der Waals surface area contributed by atoms with E-state index in [4.69, 9.17) is 0 Å². The van der Waals surface area contributed by atoms with Crippen molar-refractivity contribution < 1.29 is 4.79 Å². The highest BCUT2D eigenvalue weighted by Crippen LogP contribution is 2.39.